The largest absolute Gasteiger partial charge is 0.486 e. The Bertz CT molecular complexity index is 513. The molecule has 0 fully saturated rings. The molecule has 0 atom stereocenters. The number of benzene rings is 1. The predicted octanol–water partition coefficient (Wildman–Crippen LogP) is 5.45. The molecule has 0 unspecified atom stereocenters. The Kier molecular flexibility index (Phi) is 7.27. The highest BCUT2D eigenvalue weighted by molar-refractivity contribution is 6.55. The molecule has 0 saturated heterocycles. The van der Waals surface area contributed by atoms with Crippen LogP contribution in [0.4, 0.5) is 0 Å². The quantitative estimate of drug-likeness (QED) is 0.296. The summed E-state index contributed by atoms with van der Waals surface area (Å²) in [7, 11) is 0. The maximum Gasteiger partial charge on any atom is 0.330 e. The average molecular weight is 378 g/mol. The van der Waals surface area contributed by atoms with Gasteiger partial charge < -0.3 is 9.47 Å². The summed E-state index contributed by atoms with van der Waals surface area (Å²) in [5.74, 6) is -0.373. The number of ether oxygens (including phenoxy) is 2. The molecule has 1 aromatic carbocycles. The smallest absolute Gasteiger partial charge is 0.330 e. The first kappa shape index (κ1) is 17.7. The zero-order chi connectivity index (χ0) is 15.3. The van der Waals surface area contributed by atoms with Gasteiger partial charge in [0.15, 0.2) is 5.75 Å². The van der Waals surface area contributed by atoms with E-state index in [-0.39, 0.29) is 37.5 Å². The van der Waals surface area contributed by atoms with Crippen molar-refractivity contribution in [2.24, 2.45) is 0 Å². The van der Waals surface area contributed by atoms with E-state index in [4.69, 9.17) is 67.5 Å². The van der Waals surface area contributed by atoms with E-state index in [1.807, 2.05) is 0 Å². The molecule has 0 N–H and O–H groups in total. The molecule has 0 aromatic heterocycles. The highest BCUT2D eigenvalue weighted by Crippen LogP contribution is 2.48. The molecule has 0 aliphatic heterocycles. The molecule has 1 aromatic rings. The van der Waals surface area contributed by atoms with E-state index in [0.717, 1.165) is 0 Å². The van der Waals surface area contributed by atoms with Crippen molar-refractivity contribution in [2.45, 2.75) is 6.92 Å². The molecule has 110 valence electrons. The van der Waals surface area contributed by atoms with Crippen molar-refractivity contribution in [3.63, 3.8) is 0 Å². The molecule has 0 heterocycles. The Morgan fingerprint density at radius 2 is 1.50 bits per heavy atom. The van der Waals surface area contributed by atoms with Gasteiger partial charge in [0, 0.05) is 6.08 Å². The van der Waals surface area contributed by atoms with E-state index < -0.39 is 5.97 Å². The van der Waals surface area contributed by atoms with Crippen LogP contribution in [0.25, 0.3) is 0 Å². The maximum absolute atomic E-state index is 11.1. The van der Waals surface area contributed by atoms with Crippen molar-refractivity contribution in [2.75, 3.05) is 13.2 Å². The lowest BCUT2D eigenvalue weighted by Crippen LogP contribution is -2.01. The summed E-state index contributed by atoms with van der Waals surface area (Å²) in [4.78, 5) is 11.1. The number of carbonyl (C=O) groups excluding carboxylic acids is 1. The molecule has 0 radical (unpaired) electrons. The predicted molar refractivity (Wildman–Crippen MR) is 82.8 cm³/mol. The zero-order valence-electron chi connectivity index (χ0n) is 10.2. The van der Waals surface area contributed by atoms with E-state index in [2.05, 4.69) is 0 Å². The molecule has 0 saturated carbocycles. The van der Waals surface area contributed by atoms with Gasteiger partial charge in [-0.1, -0.05) is 58.0 Å². The number of carbonyl (C=O) groups is 1. The van der Waals surface area contributed by atoms with Crippen LogP contribution in [0.3, 0.4) is 0 Å². The minimum atomic E-state index is -0.472. The summed E-state index contributed by atoms with van der Waals surface area (Å²) >= 11 is 29.5. The van der Waals surface area contributed by atoms with Crippen molar-refractivity contribution in [3.05, 3.63) is 37.3 Å². The van der Waals surface area contributed by atoms with Crippen LogP contribution in [0.1, 0.15) is 6.92 Å². The number of halogens is 5. The van der Waals surface area contributed by atoms with Gasteiger partial charge in [-0.3, -0.25) is 0 Å². The van der Waals surface area contributed by atoms with Crippen LogP contribution in [0.5, 0.6) is 5.75 Å². The van der Waals surface area contributed by atoms with Gasteiger partial charge in [-0.05, 0) is 13.0 Å². The second-order valence-electron chi connectivity index (χ2n) is 3.36. The van der Waals surface area contributed by atoms with Crippen LogP contribution >= 0.6 is 58.0 Å². The average Bonchev–Trinajstić information content (AvgIpc) is 2.42. The van der Waals surface area contributed by atoms with Crippen molar-refractivity contribution in [1.29, 1.82) is 0 Å². The first-order valence-corrected chi connectivity index (χ1v) is 7.26. The summed E-state index contributed by atoms with van der Waals surface area (Å²) in [6, 6.07) is 0. The first-order valence-electron chi connectivity index (χ1n) is 5.37. The van der Waals surface area contributed by atoms with E-state index in [0.29, 0.717) is 6.61 Å². The van der Waals surface area contributed by atoms with Gasteiger partial charge in [-0.15, -0.1) is 0 Å². The minimum absolute atomic E-state index is 0.0343. The molecular weight excluding hydrogens is 369 g/mol. The first-order chi connectivity index (χ1) is 9.40. The topological polar surface area (TPSA) is 35.5 Å². The Morgan fingerprint density at radius 3 is 2.00 bits per heavy atom. The summed E-state index contributed by atoms with van der Waals surface area (Å²) in [6.07, 6.45) is 2.67. The van der Waals surface area contributed by atoms with Gasteiger partial charge in [0.2, 0.25) is 0 Å². The molecule has 0 amide bonds. The molecule has 8 heteroatoms. The molecule has 0 aliphatic carbocycles. The molecule has 0 spiro atoms. The number of hydrogen-bond donors (Lipinski definition) is 0. The second-order valence-corrected chi connectivity index (χ2v) is 5.25. The Hall–Kier alpha value is -0.320. The molecule has 1 rings (SSSR count). The highest BCUT2D eigenvalue weighted by Gasteiger charge is 2.20. The van der Waals surface area contributed by atoms with E-state index in [9.17, 15) is 4.79 Å². The summed E-state index contributed by atoms with van der Waals surface area (Å²) < 4.78 is 10.0. The van der Waals surface area contributed by atoms with Crippen LogP contribution < -0.4 is 4.74 Å². The summed E-state index contributed by atoms with van der Waals surface area (Å²) in [6.45, 7) is 2.04. The number of hydrogen-bond acceptors (Lipinski definition) is 3. The lowest BCUT2D eigenvalue weighted by Gasteiger charge is -2.12. The summed E-state index contributed by atoms with van der Waals surface area (Å²) in [5, 5.41) is 0.253. The fraction of sp³-hybridized carbons (Fsp3) is 0.250. The molecule has 20 heavy (non-hydrogen) atoms. The van der Waals surface area contributed by atoms with E-state index in [1.165, 1.54) is 12.2 Å². The number of rotatable bonds is 5. The van der Waals surface area contributed by atoms with Crippen molar-refractivity contribution in [3.8, 4) is 5.75 Å². The molecular formula is C12H9Cl5O3. The van der Waals surface area contributed by atoms with Gasteiger partial charge in [-0.25, -0.2) is 4.79 Å². The second kappa shape index (κ2) is 8.20. The Morgan fingerprint density at radius 1 is 1.00 bits per heavy atom. The van der Waals surface area contributed by atoms with Gasteiger partial charge in [-0.2, -0.15) is 0 Å². The normalized spacial score (nSPS) is 10.9. The third-order valence-electron chi connectivity index (χ3n) is 2.03. The Balaban J connectivity index is 2.82. The van der Waals surface area contributed by atoms with Crippen molar-refractivity contribution < 1.29 is 14.3 Å². The minimum Gasteiger partial charge on any atom is -0.486 e. The fourth-order valence-electron chi connectivity index (χ4n) is 1.18. The van der Waals surface area contributed by atoms with Crippen LogP contribution in [-0.4, -0.2) is 19.2 Å². The fourth-order valence-corrected chi connectivity index (χ4v) is 2.41. The zero-order valence-corrected chi connectivity index (χ0v) is 14.0. The monoisotopic (exact) mass is 376 g/mol. The summed E-state index contributed by atoms with van der Waals surface area (Å²) in [5.41, 5.74) is 0. The van der Waals surface area contributed by atoms with Crippen LogP contribution in [0.15, 0.2) is 12.2 Å². The van der Waals surface area contributed by atoms with Gasteiger partial charge in [0.1, 0.15) is 16.7 Å². The maximum atomic E-state index is 11.1. The lowest BCUT2D eigenvalue weighted by atomic mass is 10.3. The van der Waals surface area contributed by atoms with Gasteiger partial charge >= 0.3 is 5.97 Å². The Labute approximate surface area is 141 Å². The molecule has 0 bridgehead atoms. The SMILES string of the molecule is CCOC(=O)/C=C/COc1c(Cl)c(Cl)c(Cl)c(Cl)c1Cl. The van der Waals surface area contributed by atoms with Crippen LogP contribution in [0.2, 0.25) is 25.1 Å². The molecule has 0 aliphatic rings. The van der Waals surface area contributed by atoms with Crippen LogP contribution in [0, 0.1) is 0 Å². The van der Waals surface area contributed by atoms with Gasteiger partial charge in [0.25, 0.3) is 0 Å². The van der Waals surface area contributed by atoms with Gasteiger partial charge in [0.05, 0.1) is 21.7 Å². The number of esters is 1. The standard InChI is InChI=1S/C12H9Cl5O3/c1-2-19-6(18)4-3-5-20-12-10(16)8(14)7(13)9(15)11(12)17/h3-4H,2,5H2,1H3/b4-3+. The highest BCUT2D eigenvalue weighted by atomic mass is 35.5. The van der Waals surface area contributed by atoms with E-state index >= 15 is 0 Å². The third kappa shape index (κ3) is 4.34. The lowest BCUT2D eigenvalue weighted by molar-refractivity contribution is -0.137. The van der Waals surface area contributed by atoms with E-state index in [1.54, 1.807) is 6.92 Å². The van der Waals surface area contributed by atoms with Crippen molar-refractivity contribution >= 4 is 64.0 Å². The third-order valence-corrected chi connectivity index (χ3v) is 4.28. The van der Waals surface area contributed by atoms with Crippen molar-refractivity contribution in [1.82, 2.24) is 0 Å². The molecule has 3 nitrogen and oxygen atoms in total. The van der Waals surface area contributed by atoms with Crippen LogP contribution in [-0.2, 0) is 9.53 Å².